The zero-order valence-corrected chi connectivity index (χ0v) is 14.3. The minimum atomic E-state index is -0.286. The van der Waals surface area contributed by atoms with Gasteiger partial charge < -0.3 is 14.6 Å². The van der Waals surface area contributed by atoms with Crippen LogP contribution in [0, 0.1) is 6.92 Å². The molecular weight excluding hydrogens is 316 g/mol. The Morgan fingerprint density at radius 1 is 1.12 bits per heavy atom. The number of ether oxygens (including phenoxy) is 1. The third-order valence-corrected chi connectivity index (χ3v) is 4.04. The fourth-order valence-corrected chi connectivity index (χ4v) is 2.62. The van der Waals surface area contributed by atoms with Gasteiger partial charge in [-0.15, -0.1) is 0 Å². The molecular formula is C20H20N2O3. The van der Waals surface area contributed by atoms with Crippen LogP contribution >= 0.6 is 0 Å². The largest absolute Gasteiger partial charge is 0.492 e. The van der Waals surface area contributed by atoms with Crippen LogP contribution in [-0.2, 0) is 0 Å². The van der Waals surface area contributed by atoms with Crippen LogP contribution in [0.4, 0.5) is 0 Å². The van der Waals surface area contributed by atoms with E-state index in [4.69, 9.17) is 4.74 Å². The first kappa shape index (κ1) is 16.8. The minimum Gasteiger partial charge on any atom is -0.492 e. The van der Waals surface area contributed by atoms with Gasteiger partial charge in [-0.1, -0.05) is 35.9 Å². The van der Waals surface area contributed by atoms with E-state index in [0.717, 1.165) is 11.1 Å². The summed E-state index contributed by atoms with van der Waals surface area (Å²) >= 11 is 0. The van der Waals surface area contributed by atoms with Gasteiger partial charge in [0, 0.05) is 24.0 Å². The monoisotopic (exact) mass is 336 g/mol. The Kier molecular flexibility index (Phi) is 4.84. The number of fused-ring (bicyclic) bond motifs is 1. The average molecular weight is 336 g/mol. The maximum absolute atomic E-state index is 12.7. The summed E-state index contributed by atoms with van der Waals surface area (Å²) in [6.07, 6.45) is 0. The summed E-state index contributed by atoms with van der Waals surface area (Å²) in [6, 6.07) is 16.4. The fraction of sp³-hybridized carbons (Fsp3) is 0.200. The topological polar surface area (TPSA) is 62.4 Å². The molecule has 0 saturated heterocycles. The number of rotatable bonds is 5. The summed E-state index contributed by atoms with van der Waals surface area (Å²) in [5.74, 6) is 0.572. The highest BCUT2D eigenvalue weighted by atomic mass is 16.5. The molecule has 3 rings (SSSR count). The quantitative estimate of drug-likeness (QED) is 0.779. The summed E-state index contributed by atoms with van der Waals surface area (Å²) in [7, 11) is 1.71. The Hall–Kier alpha value is -3.08. The van der Waals surface area contributed by atoms with Crippen molar-refractivity contribution < 1.29 is 9.53 Å². The molecule has 0 aliphatic carbocycles. The Morgan fingerprint density at radius 3 is 2.60 bits per heavy atom. The molecule has 0 bridgehead atoms. The zero-order chi connectivity index (χ0) is 17.8. The number of carbonyl (C=O) groups is 1. The molecule has 0 fully saturated rings. The summed E-state index contributed by atoms with van der Waals surface area (Å²) in [4.78, 5) is 28.8. The first-order valence-corrected chi connectivity index (χ1v) is 8.11. The van der Waals surface area contributed by atoms with E-state index in [1.165, 1.54) is 11.6 Å². The number of para-hydroxylation sites is 1. The van der Waals surface area contributed by atoms with Crippen molar-refractivity contribution in [2.24, 2.45) is 0 Å². The van der Waals surface area contributed by atoms with Crippen LogP contribution in [-0.4, -0.2) is 36.0 Å². The number of amides is 1. The van der Waals surface area contributed by atoms with E-state index >= 15 is 0 Å². The van der Waals surface area contributed by atoms with Gasteiger partial charge in [-0.3, -0.25) is 9.59 Å². The molecule has 3 aromatic rings. The number of benzene rings is 2. The normalized spacial score (nSPS) is 10.6. The number of likely N-dealkylation sites (N-methyl/N-ethyl adjacent to an activating group) is 1. The van der Waals surface area contributed by atoms with Crippen molar-refractivity contribution in [3.8, 4) is 5.75 Å². The average Bonchev–Trinajstić information content (AvgIpc) is 2.62. The van der Waals surface area contributed by atoms with Gasteiger partial charge >= 0.3 is 0 Å². The molecule has 0 radical (unpaired) electrons. The number of nitrogens with one attached hydrogen (secondary N) is 1. The van der Waals surface area contributed by atoms with E-state index in [9.17, 15) is 9.59 Å². The number of carbonyl (C=O) groups excluding carboxylic acids is 1. The smallest absolute Gasteiger partial charge is 0.254 e. The molecule has 1 N–H and O–H groups in total. The van der Waals surface area contributed by atoms with Crippen molar-refractivity contribution in [3.05, 3.63) is 76.1 Å². The Balaban J connectivity index is 1.70. The Morgan fingerprint density at radius 2 is 1.84 bits per heavy atom. The second-order valence-corrected chi connectivity index (χ2v) is 5.98. The molecule has 1 amide bonds. The molecule has 0 unspecified atom stereocenters. The number of aromatic amines is 1. The van der Waals surface area contributed by atoms with Gasteiger partial charge in [0.25, 0.3) is 5.91 Å². The van der Waals surface area contributed by atoms with Gasteiger partial charge in [0.2, 0.25) is 5.56 Å². The van der Waals surface area contributed by atoms with E-state index in [0.29, 0.717) is 24.2 Å². The van der Waals surface area contributed by atoms with Crippen molar-refractivity contribution in [1.82, 2.24) is 9.88 Å². The van der Waals surface area contributed by atoms with Crippen LogP contribution in [0.5, 0.6) is 5.75 Å². The molecule has 1 heterocycles. The first-order valence-electron chi connectivity index (χ1n) is 8.11. The molecule has 0 saturated carbocycles. The van der Waals surface area contributed by atoms with E-state index in [1.807, 2.05) is 49.4 Å². The predicted octanol–water partition coefficient (Wildman–Crippen LogP) is 2.99. The van der Waals surface area contributed by atoms with Crippen LogP contribution in [0.2, 0.25) is 0 Å². The zero-order valence-electron chi connectivity index (χ0n) is 14.3. The molecule has 2 aromatic carbocycles. The molecule has 0 aliphatic rings. The lowest BCUT2D eigenvalue weighted by Gasteiger charge is -2.18. The molecule has 0 spiro atoms. The Bertz CT molecular complexity index is 945. The van der Waals surface area contributed by atoms with Crippen LogP contribution < -0.4 is 10.3 Å². The predicted molar refractivity (Wildman–Crippen MR) is 98.2 cm³/mol. The molecule has 5 heteroatoms. The third kappa shape index (κ3) is 3.88. The van der Waals surface area contributed by atoms with Gasteiger partial charge in [0.15, 0.2) is 0 Å². The molecule has 25 heavy (non-hydrogen) atoms. The first-order chi connectivity index (χ1) is 12.0. The summed E-state index contributed by atoms with van der Waals surface area (Å²) < 4.78 is 5.67. The van der Waals surface area contributed by atoms with Crippen LogP contribution in [0.25, 0.3) is 10.9 Å². The summed E-state index contributed by atoms with van der Waals surface area (Å²) in [5.41, 5.74) is 1.94. The van der Waals surface area contributed by atoms with Gasteiger partial charge in [0.1, 0.15) is 12.4 Å². The van der Waals surface area contributed by atoms with Crippen molar-refractivity contribution in [1.29, 1.82) is 0 Å². The number of hydrogen-bond acceptors (Lipinski definition) is 3. The van der Waals surface area contributed by atoms with E-state index in [1.54, 1.807) is 18.0 Å². The number of aryl methyl sites for hydroxylation is 1. The van der Waals surface area contributed by atoms with Crippen LogP contribution in [0.15, 0.2) is 59.4 Å². The molecule has 128 valence electrons. The van der Waals surface area contributed by atoms with Crippen molar-refractivity contribution >= 4 is 16.8 Å². The van der Waals surface area contributed by atoms with Gasteiger partial charge in [-0.2, -0.15) is 0 Å². The van der Waals surface area contributed by atoms with Crippen molar-refractivity contribution in [2.75, 3.05) is 20.2 Å². The maximum Gasteiger partial charge on any atom is 0.254 e. The summed E-state index contributed by atoms with van der Waals surface area (Å²) in [5, 5.41) is 0.735. The maximum atomic E-state index is 12.7. The second-order valence-electron chi connectivity index (χ2n) is 5.98. The van der Waals surface area contributed by atoms with Crippen molar-refractivity contribution in [2.45, 2.75) is 6.92 Å². The number of pyridine rings is 1. The van der Waals surface area contributed by atoms with E-state index in [-0.39, 0.29) is 11.5 Å². The van der Waals surface area contributed by atoms with E-state index < -0.39 is 0 Å². The van der Waals surface area contributed by atoms with E-state index in [2.05, 4.69) is 4.98 Å². The highest BCUT2D eigenvalue weighted by Crippen LogP contribution is 2.16. The molecule has 0 atom stereocenters. The lowest BCUT2D eigenvalue weighted by atomic mass is 10.1. The standard InChI is InChI=1S/C20H20N2O3/c1-14-7-9-15(10-8-14)25-12-11-22(2)20(24)17-13-19(23)21-18-6-4-3-5-16(17)18/h3-10,13H,11-12H2,1-2H3,(H,21,23). The highest BCUT2D eigenvalue weighted by Gasteiger charge is 2.15. The number of nitrogens with zero attached hydrogens (tertiary/aromatic N) is 1. The molecule has 1 aromatic heterocycles. The lowest BCUT2D eigenvalue weighted by Crippen LogP contribution is -2.31. The van der Waals surface area contributed by atoms with Gasteiger partial charge in [0.05, 0.1) is 12.1 Å². The van der Waals surface area contributed by atoms with Crippen LogP contribution in [0.3, 0.4) is 0 Å². The fourth-order valence-electron chi connectivity index (χ4n) is 2.62. The number of aromatic nitrogens is 1. The summed E-state index contributed by atoms with van der Waals surface area (Å²) in [6.45, 7) is 2.82. The molecule has 0 aliphatic heterocycles. The van der Waals surface area contributed by atoms with Crippen LogP contribution in [0.1, 0.15) is 15.9 Å². The van der Waals surface area contributed by atoms with Gasteiger partial charge in [-0.05, 0) is 25.1 Å². The highest BCUT2D eigenvalue weighted by molar-refractivity contribution is 6.05. The molecule has 5 nitrogen and oxygen atoms in total. The van der Waals surface area contributed by atoms with Crippen molar-refractivity contribution in [3.63, 3.8) is 0 Å². The number of hydrogen-bond donors (Lipinski definition) is 1. The Labute approximate surface area is 145 Å². The minimum absolute atomic E-state index is 0.199. The SMILES string of the molecule is Cc1ccc(OCCN(C)C(=O)c2cc(=O)[nH]c3ccccc23)cc1. The third-order valence-electron chi connectivity index (χ3n) is 4.04. The number of H-pyrrole nitrogens is 1. The van der Waals surface area contributed by atoms with Gasteiger partial charge in [-0.25, -0.2) is 0 Å². The second kappa shape index (κ2) is 7.21. The lowest BCUT2D eigenvalue weighted by molar-refractivity contribution is 0.0775.